The molecule has 0 atom stereocenters. The van der Waals surface area contributed by atoms with Gasteiger partial charge in [0.1, 0.15) is 5.82 Å². The van der Waals surface area contributed by atoms with Crippen LogP contribution in [-0.4, -0.2) is 27.9 Å². The summed E-state index contributed by atoms with van der Waals surface area (Å²) in [6.45, 7) is 7.30. The minimum Gasteiger partial charge on any atom is -0.380 e. The van der Waals surface area contributed by atoms with E-state index in [1.165, 1.54) is 18.4 Å². The van der Waals surface area contributed by atoms with Crippen molar-refractivity contribution in [3.8, 4) is 0 Å². The monoisotopic (exact) mass is 285 g/mol. The SMILES string of the molecule is CC(C)n1cc(CNc2ccc(N3CCCC3)nc2)cn1. The molecule has 0 saturated carbocycles. The second-order valence-corrected chi connectivity index (χ2v) is 5.88. The van der Waals surface area contributed by atoms with E-state index in [-0.39, 0.29) is 0 Å². The molecule has 1 saturated heterocycles. The molecule has 21 heavy (non-hydrogen) atoms. The van der Waals surface area contributed by atoms with Crippen LogP contribution in [0.1, 0.15) is 38.3 Å². The number of nitrogens with zero attached hydrogens (tertiary/aromatic N) is 4. The van der Waals surface area contributed by atoms with Crippen LogP contribution in [0.2, 0.25) is 0 Å². The number of aromatic nitrogens is 3. The fraction of sp³-hybridized carbons (Fsp3) is 0.500. The lowest BCUT2D eigenvalue weighted by Gasteiger charge is -2.16. The number of anilines is 2. The molecule has 0 aromatic carbocycles. The lowest BCUT2D eigenvalue weighted by Crippen LogP contribution is -2.18. The van der Waals surface area contributed by atoms with E-state index in [9.17, 15) is 0 Å². The quantitative estimate of drug-likeness (QED) is 0.917. The summed E-state index contributed by atoms with van der Waals surface area (Å²) in [6, 6.07) is 4.61. The lowest BCUT2D eigenvalue weighted by atomic mass is 10.3. The lowest BCUT2D eigenvalue weighted by molar-refractivity contribution is 0.532. The molecule has 0 spiro atoms. The first kappa shape index (κ1) is 13.9. The van der Waals surface area contributed by atoms with E-state index in [0.29, 0.717) is 6.04 Å². The molecule has 0 amide bonds. The first-order chi connectivity index (χ1) is 10.2. The van der Waals surface area contributed by atoms with Crippen LogP contribution in [0.15, 0.2) is 30.7 Å². The highest BCUT2D eigenvalue weighted by molar-refractivity contribution is 5.49. The largest absolute Gasteiger partial charge is 0.380 e. The van der Waals surface area contributed by atoms with Crippen LogP contribution in [-0.2, 0) is 6.54 Å². The zero-order valence-electron chi connectivity index (χ0n) is 12.8. The summed E-state index contributed by atoms with van der Waals surface area (Å²) in [5.74, 6) is 1.09. The summed E-state index contributed by atoms with van der Waals surface area (Å²) >= 11 is 0. The summed E-state index contributed by atoms with van der Waals surface area (Å²) < 4.78 is 1.98. The van der Waals surface area contributed by atoms with Crippen LogP contribution in [0.4, 0.5) is 11.5 Å². The maximum atomic E-state index is 4.55. The maximum Gasteiger partial charge on any atom is 0.128 e. The number of hydrogen-bond donors (Lipinski definition) is 1. The van der Waals surface area contributed by atoms with Crippen LogP contribution in [0.5, 0.6) is 0 Å². The van der Waals surface area contributed by atoms with Crippen LogP contribution in [0.25, 0.3) is 0 Å². The molecule has 1 aliphatic rings. The molecular formula is C16H23N5. The minimum atomic E-state index is 0.403. The van der Waals surface area contributed by atoms with Gasteiger partial charge in [-0.05, 0) is 38.8 Å². The molecule has 2 aromatic rings. The average molecular weight is 285 g/mol. The van der Waals surface area contributed by atoms with E-state index < -0.39 is 0 Å². The summed E-state index contributed by atoms with van der Waals surface area (Å²) in [4.78, 5) is 6.89. The molecular weight excluding hydrogens is 262 g/mol. The second kappa shape index (κ2) is 6.16. The summed E-state index contributed by atoms with van der Waals surface area (Å²) in [5, 5.41) is 7.75. The van der Waals surface area contributed by atoms with E-state index in [4.69, 9.17) is 0 Å². The van der Waals surface area contributed by atoms with Crippen molar-refractivity contribution in [3.05, 3.63) is 36.3 Å². The molecule has 3 heterocycles. The average Bonchev–Trinajstić information content (AvgIpc) is 3.17. The first-order valence-electron chi connectivity index (χ1n) is 7.70. The summed E-state index contributed by atoms with van der Waals surface area (Å²) in [7, 11) is 0. The Bertz CT molecular complexity index is 567. The zero-order chi connectivity index (χ0) is 14.7. The molecule has 112 valence electrons. The van der Waals surface area contributed by atoms with Crippen molar-refractivity contribution >= 4 is 11.5 Å². The normalized spacial score (nSPS) is 14.9. The Morgan fingerprint density at radius 3 is 2.62 bits per heavy atom. The van der Waals surface area contributed by atoms with Crippen molar-refractivity contribution in [1.29, 1.82) is 0 Å². The van der Waals surface area contributed by atoms with Gasteiger partial charge in [0, 0.05) is 37.4 Å². The van der Waals surface area contributed by atoms with Gasteiger partial charge in [-0.15, -0.1) is 0 Å². The van der Waals surface area contributed by atoms with Crippen molar-refractivity contribution in [2.24, 2.45) is 0 Å². The highest BCUT2D eigenvalue weighted by Crippen LogP contribution is 2.19. The molecule has 1 aliphatic heterocycles. The molecule has 1 fully saturated rings. The Hall–Kier alpha value is -2.04. The van der Waals surface area contributed by atoms with Crippen molar-refractivity contribution in [2.75, 3.05) is 23.3 Å². The van der Waals surface area contributed by atoms with Gasteiger partial charge < -0.3 is 10.2 Å². The van der Waals surface area contributed by atoms with Gasteiger partial charge in [0.2, 0.25) is 0 Å². The van der Waals surface area contributed by atoms with Gasteiger partial charge in [-0.25, -0.2) is 4.98 Å². The molecule has 0 aliphatic carbocycles. The van der Waals surface area contributed by atoms with E-state index in [2.05, 4.69) is 52.5 Å². The van der Waals surface area contributed by atoms with Crippen molar-refractivity contribution < 1.29 is 0 Å². The van der Waals surface area contributed by atoms with Crippen LogP contribution in [0.3, 0.4) is 0 Å². The van der Waals surface area contributed by atoms with Gasteiger partial charge in [0.05, 0.1) is 18.1 Å². The third-order valence-electron chi connectivity index (χ3n) is 3.86. The maximum absolute atomic E-state index is 4.55. The van der Waals surface area contributed by atoms with Crippen LogP contribution < -0.4 is 10.2 Å². The Morgan fingerprint density at radius 2 is 2.00 bits per heavy atom. The smallest absolute Gasteiger partial charge is 0.128 e. The first-order valence-corrected chi connectivity index (χ1v) is 7.70. The Labute approximate surface area is 126 Å². The van der Waals surface area contributed by atoms with E-state index in [1.54, 1.807) is 0 Å². The molecule has 1 N–H and O–H groups in total. The topological polar surface area (TPSA) is 46.0 Å². The molecule has 0 radical (unpaired) electrons. The Balaban J connectivity index is 1.57. The number of rotatable bonds is 5. The van der Waals surface area contributed by atoms with Crippen molar-refractivity contribution in [2.45, 2.75) is 39.3 Å². The van der Waals surface area contributed by atoms with Gasteiger partial charge in [0.25, 0.3) is 0 Å². The fourth-order valence-electron chi connectivity index (χ4n) is 2.58. The van der Waals surface area contributed by atoms with E-state index in [1.807, 2.05) is 17.1 Å². The molecule has 5 heteroatoms. The fourth-order valence-corrected chi connectivity index (χ4v) is 2.58. The van der Waals surface area contributed by atoms with E-state index in [0.717, 1.165) is 31.1 Å². The second-order valence-electron chi connectivity index (χ2n) is 5.88. The van der Waals surface area contributed by atoms with Crippen molar-refractivity contribution in [1.82, 2.24) is 14.8 Å². The summed E-state index contributed by atoms with van der Waals surface area (Å²) in [5.41, 5.74) is 2.24. The zero-order valence-corrected chi connectivity index (χ0v) is 12.8. The predicted octanol–water partition coefficient (Wildman–Crippen LogP) is 3.07. The van der Waals surface area contributed by atoms with Crippen LogP contribution in [0, 0.1) is 0 Å². The number of hydrogen-bond acceptors (Lipinski definition) is 4. The standard InChI is InChI=1S/C16H23N5/c1-13(2)21-12-14(10-19-21)9-17-15-5-6-16(18-11-15)20-7-3-4-8-20/h5-6,10-13,17H,3-4,7-9H2,1-2H3. The molecule has 0 unspecified atom stereocenters. The third-order valence-corrected chi connectivity index (χ3v) is 3.86. The predicted molar refractivity (Wildman–Crippen MR) is 85.6 cm³/mol. The van der Waals surface area contributed by atoms with Gasteiger partial charge >= 0.3 is 0 Å². The van der Waals surface area contributed by atoms with Gasteiger partial charge in [-0.2, -0.15) is 5.10 Å². The van der Waals surface area contributed by atoms with Gasteiger partial charge in [-0.3, -0.25) is 4.68 Å². The molecule has 3 rings (SSSR count). The summed E-state index contributed by atoms with van der Waals surface area (Å²) in [6.07, 6.45) is 8.48. The molecule has 5 nitrogen and oxygen atoms in total. The molecule has 2 aromatic heterocycles. The molecule has 0 bridgehead atoms. The van der Waals surface area contributed by atoms with Gasteiger partial charge in [-0.1, -0.05) is 0 Å². The van der Waals surface area contributed by atoms with E-state index >= 15 is 0 Å². The highest BCUT2D eigenvalue weighted by Gasteiger charge is 2.12. The minimum absolute atomic E-state index is 0.403. The Morgan fingerprint density at radius 1 is 1.19 bits per heavy atom. The van der Waals surface area contributed by atoms with Gasteiger partial charge in [0.15, 0.2) is 0 Å². The van der Waals surface area contributed by atoms with Crippen LogP contribution >= 0.6 is 0 Å². The van der Waals surface area contributed by atoms with Crippen molar-refractivity contribution in [3.63, 3.8) is 0 Å². The number of pyridine rings is 1. The Kier molecular flexibility index (Phi) is 4.08. The number of nitrogens with one attached hydrogen (secondary N) is 1. The third kappa shape index (κ3) is 3.35. The highest BCUT2D eigenvalue weighted by atomic mass is 15.3.